The van der Waals surface area contributed by atoms with Gasteiger partial charge in [-0.15, -0.1) is 0 Å². The van der Waals surface area contributed by atoms with Crippen LogP contribution in [0.3, 0.4) is 0 Å². The molecule has 0 radical (unpaired) electrons. The average molecular weight is 263 g/mol. The summed E-state index contributed by atoms with van der Waals surface area (Å²) in [5.41, 5.74) is 0.661. The molecule has 0 aliphatic heterocycles. The largest absolute Gasteiger partial charge is 0.489 e. The number of aromatic nitrogens is 1. The van der Waals surface area contributed by atoms with E-state index in [4.69, 9.17) is 4.74 Å². The third-order valence-corrected chi connectivity index (χ3v) is 2.91. The number of ether oxygens (including phenoxy) is 1. The van der Waals surface area contributed by atoms with E-state index < -0.39 is 0 Å². The summed E-state index contributed by atoms with van der Waals surface area (Å²) in [6.07, 6.45) is 9.79. The zero-order chi connectivity index (χ0) is 14.1. The highest BCUT2D eigenvalue weighted by atomic mass is 16.5. The van der Waals surface area contributed by atoms with Crippen LogP contribution in [0.2, 0.25) is 0 Å². The molecule has 0 atom stereocenters. The molecule has 1 rings (SSSR count). The van der Waals surface area contributed by atoms with Gasteiger partial charge in [-0.05, 0) is 26.3 Å². The third kappa shape index (κ3) is 6.37. The first kappa shape index (κ1) is 15.7. The van der Waals surface area contributed by atoms with Gasteiger partial charge in [0.25, 0.3) is 0 Å². The number of unbranched alkanes of at least 4 members (excludes halogenated alkanes) is 4. The van der Waals surface area contributed by atoms with Gasteiger partial charge in [-0.1, -0.05) is 32.6 Å². The molecule has 0 saturated heterocycles. The predicted octanol–water partition coefficient (Wildman–Crippen LogP) is 4.41. The van der Waals surface area contributed by atoms with Gasteiger partial charge < -0.3 is 4.74 Å². The van der Waals surface area contributed by atoms with Crippen LogP contribution in [0.5, 0.6) is 5.75 Å². The van der Waals surface area contributed by atoms with Crippen molar-refractivity contribution in [3.63, 3.8) is 0 Å². The molecule has 0 unspecified atom stereocenters. The van der Waals surface area contributed by atoms with Gasteiger partial charge in [0.15, 0.2) is 5.78 Å². The van der Waals surface area contributed by atoms with E-state index in [0.29, 0.717) is 17.7 Å². The average Bonchev–Trinajstić information content (AvgIpc) is 2.38. The summed E-state index contributed by atoms with van der Waals surface area (Å²) in [6, 6.07) is 1.79. The summed E-state index contributed by atoms with van der Waals surface area (Å²) in [5.74, 6) is 0.838. The Labute approximate surface area is 116 Å². The molecule has 0 bridgehead atoms. The zero-order valence-electron chi connectivity index (χ0n) is 12.3. The number of carbonyl (C=O) groups excluding carboxylic acids is 1. The van der Waals surface area contributed by atoms with Crippen LogP contribution >= 0.6 is 0 Å². The van der Waals surface area contributed by atoms with Crippen molar-refractivity contribution in [2.24, 2.45) is 0 Å². The predicted molar refractivity (Wildman–Crippen MR) is 77.7 cm³/mol. The molecule has 1 aromatic rings. The van der Waals surface area contributed by atoms with Crippen molar-refractivity contribution in [3.05, 3.63) is 24.0 Å². The lowest BCUT2D eigenvalue weighted by molar-refractivity contribution is 0.0978. The second-order valence-corrected chi connectivity index (χ2v) is 5.16. The van der Waals surface area contributed by atoms with Crippen LogP contribution in [0.15, 0.2) is 18.5 Å². The molecule has 1 aromatic heterocycles. The molecule has 0 aliphatic carbocycles. The first-order valence-corrected chi connectivity index (χ1v) is 7.28. The number of nitrogens with zero attached hydrogens (tertiary/aromatic N) is 1. The number of pyridine rings is 1. The van der Waals surface area contributed by atoms with E-state index in [1.807, 2.05) is 13.8 Å². The smallest absolute Gasteiger partial charge is 0.164 e. The van der Waals surface area contributed by atoms with Crippen LogP contribution in [0, 0.1) is 0 Å². The van der Waals surface area contributed by atoms with Gasteiger partial charge in [0, 0.05) is 18.2 Å². The Balaban J connectivity index is 2.43. The number of Topliss-reactive ketones (excluding diaryl/α,β-unsaturated/α-hetero) is 1. The molecule has 0 amide bonds. The Morgan fingerprint density at radius 1 is 1.21 bits per heavy atom. The Hall–Kier alpha value is -1.38. The lowest BCUT2D eigenvalue weighted by atomic mass is 10.1. The van der Waals surface area contributed by atoms with Crippen LogP contribution in [-0.4, -0.2) is 16.9 Å². The quantitative estimate of drug-likeness (QED) is 0.489. The van der Waals surface area contributed by atoms with E-state index >= 15 is 0 Å². The summed E-state index contributed by atoms with van der Waals surface area (Å²) in [4.78, 5) is 16.1. The minimum Gasteiger partial charge on any atom is -0.489 e. The Morgan fingerprint density at radius 2 is 1.95 bits per heavy atom. The highest BCUT2D eigenvalue weighted by Crippen LogP contribution is 2.15. The fraction of sp³-hybridized carbons (Fsp3) is 0.625. The molecular formula is C16H25NO2. The van der Waals surface area contributed by atoms with Crippen LogP contribution in [0.4, 0.5) is 0 Å². The van der Waals surface area contributed by atoms with Crippen LogP contribution in [0.25, 0.3) is 0 Å². The van der Waals surface area contributed by atoms with E-state index in [-0.39, 0.29) is 11.9 Å². The van der Waals surface area contributed by atoms with Crippen molar-refractivity contribution in [1.82, 2.24) is 4.98 Å². The second-order valence-electron chi connectivity index (χ2n) is 5.16. The van der Waals surface area contributed by atoms with Gasteiger partial charge in [0.1, 0.15) is 5.75 Å². The molecule has 3 heteroatoms. The van der Waals surface area contributed by atoms with Crippen molar-refractivity contribution in [2.45, 2.75) is 65.4 Å². The second kappa shape index (κ2) is 8.68. The maximum atomic E-state index is 12.0. The first-order chi connectivity index (χ1) is 9.13. The van der Waals surface area contributed by atoms with Crippen LogP contribution in [-0.2, 0) is 0 Å². The minimum absolute atomic E-state index is 0.0983. The first-order valence-electron chi connectivity index (χ1n) is 7.28. The third-order valence-electron chi connectivity index (χ3n) is 2.91. The van der Waals surface area contributed by atoms with Gasteiger partial charge in [0.05, 0.1) is 12.3 Å². The molecule has 19 heavy (non-hydrogen) atoms. The molecule has 3 nitrogen and oxygen atoms in total. The molecule has 0 aromatic carbocycles. The molecular weight excluding hydrogens is 238 g/mol. The van der Waals surface area contributed by atoms with Crippen LogP contribution < -0.4 is 4.74 Å². The highest BCUT2D eigenvalue weighted by molar-refractivity contribution is 5.96. The van der Waals surface area contributed by atoms with Gasteiger partial charge in [0.2, 0.25) is 0 Å². The van der Waals surface area contributed by atoms with Crippen molar-refractivity contribution < 1.29 is 9.53 Å². The highest BCUT2D eigenvalue weighted by Gasteiger charge is 2.08. The SMILES string of the molecule is CCCCCCCC(=O)c1cncc(OC(C)C)c1. The number of rotatable bonds is 9. The molecule has 0 spiro atoms. The summed E-state index contributed by atoms with van der Waals surface area (Å²) < 4.78 is 5.55. The Bertz CT molecular complexity index is 388. The number of hydrogen-bond acceptors (Lipinski definition) is 3. The molecule has 0 aliphatic rings. The summed E-state index contributed by atoms with van der Waals surface area (Å²) >= 11 is 0. The lowest BCUT2D eigenvalue weighted by Crippen LogP contribution is -2.07. The number of ketones is 1. The fourth-order valence-electron chi connectivity index (χ4n) is 1.94. The lowest BCUT2D eigenvalue weighted by Gasteiger charge is -2.09. The van der Waals surface area contributed by atoms with Gasteiger partial charge in [-0.2, -0.15) is 0 Å². The molecule has 0 N–H and O–H groups in total. The summed E-state index contributed by atoms with van der Waals surface area (Å²) in [6.45, 7) is 6.11. The molecule has 106 valence electrons. The zero-order valence-corrected chi connectivity index (χ0v) is 12.3. The monoisotopic (exact) mass is 263 g/mol. The number of hydrogen-bond donors (Lipinski definition) is 0. The molecule has 1 heterocycles. The Kier molecular flexibility index (Phi) is 7.16. The van der Waals surface area contributed by atoms with E-state index in [1.54, 1.807) is 18.5 Å². The normalized spacial score (nSPS) is 10.7. The molecule has 0 saturated carbocycles. The maximum absolute atomic E-state index is 12.0. The van der Waals surface area contributed by atoms with Crippen molar-refractivity contribution >= 4 is 5.78 Å². The molecule has 0 fully saturated rings. The topological polar surface area (TPSA) is 39.2 Å². The Morgan fingerprint density at radius 3 is 2.63 bits per heavy atom. The standard InChI is InChI=1S/C16H25NO2/c1-4-5-6-7-8-9-16(18)14-10-15(12-17-11-14)19-13(2)3/h10-13H,4-9H2,1-3H3. The number of carbonyl (C=O) groups is 1. The van der Waals surface area contributed by atoms with Gasteiger partial charge >= 0.3 is 0 Å². The van der Waals surface area contributed by atoms with E-state index in [0.717, 1.165) is 12.8 Å². The van der Waals surface area contributed by atoms with E-state index in [2.05, 4.69) is 11.9 Å². The van der Waals surface area contributed by atoms with Crippen LogP contribution in [0.1, 0.15) is 69.7 Å². The van der Waals surface area contributed by atoms with Crippen molar-refractivity contribution in [2.75, 3.05) is 0 Å². The van der Waals surface area contributed by atoms with E-state index in [1.165, 1.54) is 19.3 Å². The van der Waals surface area contributed by atoms with Crippen molar-refractivity contribution in [1.29, 1.82) is 0 Å². The van der Waals surface area contributed by atoms with E-state index in [9.17, 15) is 4.79 Å². The summed E-state index contributed by atoms with van der Waals surface area (Å²) in [7, 11) is 0. The minimum atomic E-state index is 0.0983. The summed E-state index contributed by atoms with van der Waals surface area (Å²) in [5, 5.41) is 0. The maximum Gasteiger partial charge on any atom is 0.164 e. The van der Waals surface area contributed by atoms with Gasteiger partial charge in [-0.25, -0.2) is 0 Å². The fourth-order valence-corrected chi connectivity index (χ4v) is 1.94. The van der Waals surface area contributed by atoms with Crippen molar-refractivity contribution in [3.8, 4) is 5.75 Å². The van der Waals surface area contributed by atoms with Gasteiger partial charge in [-0.3, -0.25) is 9.78 Å².